The van der Waals surface area contributed by atoms with Crippen LogP contribution in [0.1, 0.15) is 108 Å². The average molecular weight is 569 g/mol. The molecule has 0 spiro atoms. The lowest BCUT2D eigenvalue weighted by molar-refractivity contribution is -0.124. The van der Waals surface area contributed by atoms with Crippen LogP contribution in [-0.2, 0) is 15.6 Å². The van der Waals surface area contributed by atoms with Gasteiger partial charge in [0.15, 0.2) is 0 Å². The van der Waals surface area contributed by atoms with Gasteiger partial charge in [-0.3, -0.25) is 9.69 Å². The highest BCUT2D eigenvalue weighted by Crippen LogP contribution is 2.58. The number of pyridine rings is 1. The Kier molecular flexibility index (Phi) is 7.69. The van der Waals surface area contributed by atoms with Gasteiger partial charge in [0.1, 0.15) is 11.6 Å². The van der Waals surface area contributed by atoms with Crippen LogP contribution in [0.25, 0.3) is 5.69 Å². The molecule has 0 radical (unpaired) electrons. The molecule has 1 aromatic carbocycles. The number of benzene rings is 1. The van der Waals surface area contributed by atoms with E-state index in [1.807, 2.05) is 23.1 Å². The Morgan fingerprint density at radius 3 is 2.33 bits per heavy atom. The molecule has 2 bridgehead atoms. The number of hydrogen-bond acceptors (Lipinski definition) is 4. The number of rotatable bonds is 7. The minimum Gasteiger partial charge on any atom is -0.496 e. The Hall–Kier alpha value is -3.15. The average Bonchev–Trinajstić information content (AvgIpc) is 3.53. The smallest absolute Gasteiger partial charge is 0.231 e. The van der Waals surface area contributed by atoms with Crippen LogP contribution in [0.4, 0.5) is 5.82 Å². The van der Waals surface area contributed by atoms with E-state index in [0.29, 0.717) is 0 Å². The number of amides is 1. The van der Waals surface area contributed by atoms with Gasteiger partial charge in [-0.25, -0.2) is 9.67 Å². The fourth-order valence-electron chi connectivity index (χ4n) is 7.88. The molecule has 4 aliphatic carbocycles. The molecule has 4 aliphatic rings. The molecule has 4 fully saturated rings. The Bertz CT molecular complexity index is 1400. The van der Waals surface area contributed by atoms with Crippen molar-refractivity contribution in [3.63, 3.8) is 0 Å². The molecule has 2 heterocycles. The minimum atomic E-state index is -0.0229. The van der Waals surface area contributed by atoms with Crippen LogP contribution in [0.5, 0.6) is 5.75 Å². The first-order valence-electron chi connectivity index (χ1n) is 16.1. The lowest BCUT2D eigenvalue weighted by Crippen LogP contribution is -2.51. The molecule has 0 atom stereocenters. The topological polar surface area (TPSA) is 60.2 Å². The summed E-state index contributed by atoms with van der Waals surface area (Å²) in [6.45, 7) is 9.46. The van der Waals surface area contributed by atoms with E-state index < -0.39 is 0 Å². The minimum absolute atomic E-state index is 0.0229. The van der Waals surface area contributed by atoms with Crippen molar-refractivity contribution >= 4 is 11.7 Å². The number of fused-ring (bicyclic) bond motifs is 3. The van der Waals surface area contributed by atoms with E-state index in [9.17, 15) is 4.79 Å². The number of methoxy groups -OCH3 is 1. The first-order valence-corrected chi connectivity index (χ1v) is 16.1. The van der Waals surface area contributed by atoms with Crippen molar-refractivity contribution < 1.29 is 9.53 Å². The number of anilines is 1. The van der Waals surface area contributed by atoms with Gasteiger partial charge in [0.25, 0.3) is 0 Å². The highest BCUT2D eigenvalue weighted by molar-refractivity contribution is 5.94. The van der Waals surface area contributed by atoms with Gasteiger partial charge in [-0.15, -0.1) is 0 Å². The van der Waals surface area contributed by atoms with Crippen LogP contribution in [-0.4, -0.2) is 34.3 Å². The van der Waals surface area contributed by atoms with Gasteiger partial charge in [-0.2, -0.15) is 5.10 Å². The summed E-state index contributed by atoms with van der Waals surface area (Å²) >= 11 is 0. The van der Waals surface area contributed by atoms with Crippen molar-refractivity contribution in [2.24, 2.45) is 11.3 Å². The maximum absolute atomic E-state index is 14.3. The van der Waals surface area contributed by atoms with Crippen molar-refractivity contribution in [1.82, 2.24) is 14.8 Å². The van der Waals surface area contributed by atoms with Gasteiger partial charge < -0.3 is 4.74 Å². The predicted molar refractivity (Wildman–Crippen MR) is 169 cm³/mol. The number of carbonyl (C=O) groups is 1. The Balaban J connectivity index is 1.27. The van der Waals surface area contributed by atoms with Gasteiger partial charge in [-0.05, 0) is 98.4 Å². The maximum Gasteiger partial charge on any atom is 0.231 e. The van der Waals surface area contributed by atoms with E-state index in [-0.39, 0.29) is 28.1 Å². The molecule has 224 valence electrons. The molecule has 4 saturated carbocycles. The number of aryl methyl sites for hydroxylation is 1. The maximum atomic E-state index is 14.3. The number of aromatic nitrogens is 3. The number of carbonyl (C=O) groups excluding carboxylic acids is 1. The van der Waals surface area contributed by atoms with E-state index in [2.05, 4.69) is 62.9 Å². The summed E-state index contributed by atoms with van der Waals surface area (Å²) in [5.41, 5.74) is 5.06. The Labute approximate surface area is 251 Å². The summed E-state index contributed by atoms with van der Waals surface area (Å²) in [5.74, 6) is 2.12. The van der Waals surface area contributed by atoms with Gasteiger partial charge in [-0.1, -0.05) is 52.2 Å². The van der Waals surface area contributed by atoms with E-state index in [0.717, 1.165) is 74.4 Å². The summed E-state index contributed by atoms with van der Waals surface area (Å²) in [7, 11) is 1.75. The Morgan fingerprint density at radius 1 is 1.00 bits per heavy atom. The highest BCUT2D eigenvalue weighted by Gasteiger charge is 2.50. The third-order valence-electron chi connectivity index (χ3n) is 10.8. The van der Waals surface area contributed by atoms with E-state index in [1.54, 1.807) is 7.11 Å². The van der Waals surface area contributed by atoms with E-state index >= 15 is 0 Å². The summed E-state index contributed by atoms with van der Waals surface area (Å²) in [6.07, 6.45) is 16.4. The summed E-state index contributed by atoms with van der Waals surface area (Å²) in [5, 5.41) is 4.87. The molecule has 7 rings (SSSR count). The number of nitrogens with zero attached hydrogens (tertiary/aromatic N) is 4. The van der Waals surface area contributed by atoms with E-state index in [4.69, 9.17) is 14.8 Å². The third kappa shape index (κ3) is 5.49. The standard InChI is InChI=1S/C36H48N4O2/c1-26-23-28(11-12-30(26)42-5)36-18-15-35(16-19-36,17-20-36)25-39(33(41)27-9-7-6-8-10-27)32-24-29(13-21-37-32)40-22-14-31(38-40)34(2,3)4/h11-14,21-24,27H,6-10,15-20,25H2,1-5H3. The third-order valence-corrected chi connectivity index (χ3v) is 10.8. The van der Waals surface area contributed by atoms with Crippen molar-refractivity contribution in [1.29, 1.82) is 0 Å². The van der Waals surface area contributed by atoms with E-state index in [1.165, 1.54) is 36.8 Å². The lowest BCUT2D eigenvalue weighted by Gasteiger charge is -2.55. The number of hydrogen-bond donors (Lipinski definition) is 0. The molecule has 2 aromatic heterocycles. The normalized spacial score (nSPS) is 24.5. The van der Waals surface area contributed by atoms with Crippen LogP contribution >= 0.6 is 0 Å². The van der Waals surface area contributed by atoms with Crippen LogP contribution in [0.2, 0.25) is 0 Å². The SMILES string of the molecule is COc1ccc(C23CCC(CN(C(=O)C4CCCCC4)c4cc(-n5ccc(C(C)(C)C)n5)ccn4)(CC2)CC3)cc1C. The first kappa shape index (κ1) is 28.9. The summed E-state index contributed by atoms with van der Waals surface area (Å²) < 4.78 is 7.47. The number of ether oxygens (including phenoxy) is 1. The quantitative estimate of drug-likeness (QED) is 0.289. The van der Waals surface area contributed by atoms with Crippen LogP contribution < -0.4 is 9.64 Å². The zero-order chi connectivity index (χ0) is 29.5. The molecule has 0 N–H and O–H groups in total. The fourth-order valence-corrected chi connectivity index (χ4v) is 7.88. The molecule has 0 unspecified atom stereocenters. The van der Waals surface area contributed by atoms with Crippen LogP contribution in [0.15, 0.2) is 48.8 Å². The second kappa shape index (κ2) is 11.2. The second-order valence-corrected chi connectivity index (χ2v) is 14.5. The summed E-state index contributed by atoms with van der Waals surface area (Å²) in [6, 6.07) is 12.9. The van der Waals surface area contributed by atoms with Crippen molar-refractivity contribution in [2.75, 3.05) is 18.6 Å². The molecule has 42 heavy (non-hydrogen) atoms. The molecule has 3 aromatic rings. The monoisotopic (exact) mass is 568 g/mol. The van der Waals surface area contributed by atoms with Gasteiger partial charge in [0.2, 0.25) is 5.91 Å². The van der Waals surface area contributed by atoms with Gasteiger partial charge >= 0.3 is 0 Å². The molecule has 0 saturated heterocycles. The Morgan fingerprint density at radius 2 is 1.71 bits per heavy atom. The highest BCUT2D eigenvalue weighted by atomic mass is 16.5. The summed E-state index contributed by atoms with van der Waals surface area (Å²) in [4.78, 5) is 21.2. The molecule has 6 nitrogen and oxygen atoms in total. The zero-order valence-corrected chi connectivity index (χ0v) is 26.3. The van der Waals surface area contributed by atoms with Crippen molar-refractivity contribution in [3.8, 4) is 11.4 Å². The van der Waals surface area contributed by atoms with Crippen LogP contribution in [0, 0.1) is 18.3 Å². The zero-order valence-electron chi connectivity index (χ0n) is 26.3. The predicted octanol–water partition coefficient (Wildman–Crippen LogP) is 8.09. The second-order valence-electron chi connectivity index (χ2n) is 14.5. The molecular formula is C36H48N4O2. The molecule has 0 aliphatic heterocycles. The fraction of sp³-hybridized carbons (Fsp3) is 0.583. The van der Waals surface area contributed by atoms with Gasteiger partial charge in [0.05, 0.1) is 18.5 Å². The molecular weight excluding hydrogens is 520 g/mol. The first-order chi connectivity index (χ1) is 20.1. The lowest BCUT2D eigenvalue weighted by atomic mass is 9.51. The molecule has 6 heteroatoms. The largest absolute Gasteiger partial charge is 0.496 e. The van der Waals surface area contributed by atoms with Crippen molar-refractivity contribution in [2.45, 2.75) is 109 Å². The molecule has 1 amide bonds. The van der Waals surface area contributed by atoms with Crippen LogP contribution in [0.3, 0.4) is 0 Å². The van der Waals surface area contributed by atoms with Gasteiger partial charge in [0, 0.05) is 36.3 Å². The van der Waals surface area contributed by atoms with Crippen molar-refractivity contribution in [3.05, 3.63) is 65.6 Å².